The van der Waals surface area contributed by atoms with Crippen molar-refractivity contribution in [1.82, 2.24) is 10.6 Å². The minimum Gasteiger partial charge on any atom is -0.450 e. The second kappa shape index (κ2) is 13.7. The maximum Gasteiger partial charge on any atom is 0.407 e. The quantitative estimate of drug-likeness (QED) is 0.205. The molecule has 1 heterocycles. The maximum absolute atomic E-state index is 13.0. The number of Topliss-reactive ketones (excluding diaryl/α,β-unsaturated/α-hetero) is 1. The lowest BCUT2D eigenvalue weighted by Crippen LogP contribution is -2.44. The molecule has 11 heteroatoms. The van der Waals surface area contributed by atoms with Crippen LogP contribution in [0.15, 0.2) is 0 Å². The molecule has 1 aliphatic heterocycles. The predicted molar refractivity (Wildman–Crippen MR) is 118 cm³/mol. The molecule has 1 fully saturated rings. The molecule has 0 aliphatic carbocycles. The zero-order valence-corrected chi connectivity index (χ0v) is 20.0. The largest absolute Gasteiger partial charge is 0.450 e. The highest BCUT2D eigenvalue weighted by atomic mass is 32.2. The van der Waals surface area contributed by atoms with Crippen LogP contribution in [0.2, 0.25) is 0 Å². The fourth-order valence-electron chi connectivity index (χ4n) is 3.80. The summed E-state index contributed by atoms with van der Waals surface area (Å²) in [5.41, 5.74) is -2.20. The lowest BCUT2D eigenvalue weighted by molar-refractivity contribution is -0.125. The van der Waals surface area contributed by atoms with Crippen molar-refractivity contribution in [3.63, 3.8) is 0 Å². The highest BCUT2D eigenvalue weighted by molar-refractivity contribution is 7.86. The first-order chi connectivity index (χ1) is 15.0. The number of carbonyl (C=O) groups is 3. The van der Waals surface area contributed by atoms with Gasteiger partial charge in [0.15, 0.2) is 11.2 Å². The summed E-state index contributed by atoms with van der Waals surface area (Å²) in [6.45, 7) is 6.46. The summed E-state index contributed by atoms with van der Waals surface area (Å²) >= 11 is 0. The van der Waals surface area contributed by atoms with Crippen LogP contribution in [-0.2, 0) is 24.4 Å². The smallest absolute Gasteiger partial charge is 0.407 e. The molecule has 1 saturated heterocycles. The molecule has 4 atom stereocenters. The number of ether oxygens (including phenoxy) is 1. The van der Waals surface area contributed by atoms with Crippen molar-refractivity contribution in [1.29, 1.82) is 0 Å². The van der Waals surface area contributed by atoms with E-state index < -0.39 is 51.7 Å². The van der Waals surface area contributed by atoms with E-state index in [1.54, 1.807) is 0 Å². The number of amides is 2. The van der Waals surface area contributed by atoms with Gasteiger partial charge in [-0.15, -0.1) is 0 Å². The standard InChI is InChI=1S/C21H38N2O8S/c1-4-5-6-7-10-31-21(27)23-17(11-14(2)3)18(24)13-16(20(26)32(28,29)30)12-15-8-9-22-19(15)25/h14-17,20,26H,4-13H2,1-3H3,(H,22,25)(H,23,27)(H,28,29,30)/t15-,16+,17-,20?/m0/s1. The van der Waals surface area contributed by atoms with Gasteiger partial charge in [0.25, 0.3) is 10.1 Å². The van der Waals surface area contributed by atoms with Crippen LogP contribution in [0.25, 0.3) is 0 Å². The first-order valence-electron chi connectivity index (χ1n) is 11.3. The van der Waals surface area contributed by atoms with Crippen molar-refractivity contribution in [2.24, 2.45) is 17.8 Å². The van der Waals surface area contributed by atoms with Crippen LogP contribution >= 0.6 is 0 Å². The number of carbonyl (C=O) groups excluding carboxylic acids is 3. The molecule has 10 nitrogen and oxygen atoms in total. The monoisotopic (exact) mass is 478 g/mol. The first kappa shape index (κ1) is 28.3. The van der Waals surface area contributed by atoms with Gasteiger partial charge < -0.3 is 20.5 Å². The van der Waals surface area contributed by atoms with Gasteiger partial charge >= 0.3 is 6.09 Å². The number of aliphatic hydroxyl groups is 1. The first-order valence-corrected chi connectivity index (χ1v) is 12.8. The lowest BCUT2D eigenvalue weighted by Gasteiger charge is -2.25. The van der Waals surface area contributed by atoms with Gasteiger partial charge in [-0.25, -0.2) is 4.79 Å². The fraction of sp³-hybridized carbons (Fsp3) is 0.857. The molecule has 0 aromatic rings. The molecule has 0 saturated carbocycles. The van der Waals surface area contributed by atoms with Crippen LogP contribution in [-0.4, -0.2) is 60.5 Å². The van der Waals surface area contributed by atoms with Crippen LogP contribution in [0.4, 0.5) is 4.79 Å². The third-order valence-corrected chi connectivity index (χ3v) is 6.54. The molecule has 32 heavy (non-hydrogen) atoms. The van der Waals surface area contributed by atoms with Gasteiger partial charge in [0.05, 0.1) is 12.6 Å². The number of alkyl carbamates (subject to hydrolysis) is 1. The van der Waals surface area contributed by atoms with Crippen molar-refractivity contribution in [2.45, 2.75) is 83.6 Å². The summed E-state index contributed by atoms with van der Waals surface area (Å²) < 4.78 is 37.5. The van der Waals surface area contributed by atoms with Gasteiger partial charge in [-0.05, 0) is 31.6 Å². The van der Waals surface area contributed by atoms with Crippen molar-refractivity contribution in [3.05, 3.63) is 0 Å². The van der Waals surface area contributed by atoms with Crippen molar-refractivity contribution >= 4 is 27.9 Å². The average molecular weight is 479 g/mol. The molecule has 1 unspecified atom stereocenters. The van der Waals surface area contributed by atoms with Gasteiger partial charge in [-0.3, -0.25) is 14.1 Å². The van der Waals surface area contributed by atoms with E-state index >= 15 is 0 Å². The third-order valence-electron chi connectivity index (χ3n) is 5.54. The number of nitrogens with one attached hydrogen (secondary N) is 2. The van der Waals surface area contributed by atoms with Crippen LogP contribution in [0.1, 0.15) is 72.1 Å². The van der Waals surface area contributed by atoms with Crippen LogP contribution < -0.4 is 10.6 Å². The van der Waals surface area contributed by atoms with E-state index in [-0.39, 0.29) is 24.9 Å². The average Bonchev–Trinajstić information content (AvgIpc) is 3.09. The third kappa shape index (κ3) is 10.3. The Hall–Kier alpha value is -1.72. The highest BCUT2D eigenvalue weighted by Gasteiger charge is 2.38. The predicted octanol–water partition coefficient (Wildman–Crippen LogP) is 2.02. The van der Waals surface area contributed by atoms with E-state index in [2.05, 4.69) is 17.6 Å². The molecule has 0 radical (unpaired) electrons. The lowest BCUT2D eigenvalue weighted by atomic mass is 9.87. The molecule has 0 bridgehead atoms. The zero-order chi connectivity index (χ0) is 24.3. The molecule has 4 N–H and O–H groups in total. The Bertz CT molecular complexity index is 725. The van der Waals surface area contributed by atoms with Crippen LogP contribution in [0, 0.1) is 17.8 Å². The van der Waals surface area contributed by atoms with E-state index in [0.29, 0.717) is 19.4 Å². The van der Waals surface area contributed by atoms with E-state index in [1.807, 2.05) is 13.8 Å². The summed E-state index contributed by atoms with van der Waals surface area (Å²) in [5.74, 6) is -2.48. The topological polar surface area (TPSA) is 159 Å². The van der Waals surface area contributed by atoms with E-state index in [1.165, 1.54) is 0 Å². The molecule has 0 spiro atoms. The van der Waals surface area contributed by atoms with Crippen molar-refractivity contribution in [2.75, 3.05) is 13.2 Å². The van der Waals surface area contributed by atoms with Crippen LogP contribution in [0.5, 0.6) is 0 Å². The Labute approximate surface area is 190 Å². The van der Waals surface area contributed by atoms with Gasteiger partial charge in [0, 0.05) is 24.8 Å². The molecule has 0 aromatic carbocycles. The summed E-state index contributed by atoms with van der Waals surface area (Å²) in [5, 5.41) is 15.3. The molecule has 1 rings (SSSR count). The second-order valence-corrected chi connectivity index (χ2v) is 10.4. The summed E-state index contributed by atoms with van der Waals surface area (Å²) in [6.07, 6.45) is 3.25. The van der Waals surface area contributed by atoms with Gasteiger partial charge in [-0.1, -0.05) is 40.0 Å². The van der Waals surface area contributed by atoms with E-state index in [4.69, 9.17) is 4.74 Å². The normalized spacial score (nSPS) is 19.3. The number of hydrogen-bond donors (Lipinski definition) is 4. The molecule has 1 aliphatic rings. The van der Waals surface area contributed by atoms with Crippen molar-refractivity contribution in [3.8, 4) is 0 Å². The molecule has 186 valence electrons. The highest BCUT2D eigenvalue weighted by Crippen LogP contribution is 2.27. The summed E-state index contributed by atoms with van der Waals surface area (Å²) in [6, 6.07) is -0.938. The molecule has 0 aromatic heterocycles. The fourth-order valence-corrected chi connectivity index (χ4v) is 4.49. The minimum atomic E-state index is -4.84. The van der Waals surface area contributed by atoms with E-state index in [0.717, 1.165) is 25.7 Å². The van der Waals surface area contributed by atoms with Gasteiger partial charge in [0.2, 0.25) is 5.91 Å². The Morgan fingerprint density at radius 3 is 2.47 bits per heavy atom. The van der Waals surface area contributed by atoms with Crippen LogP contribution in [0.3, 0.4) is 0 Å². The van der Waals surface area contributed by atoms with Gasteiger partial charge in [-0.2, -0.15) is 8.42 Å². The number of ketones is 1. The Balaban J connectivity index is 2.82. The number of rotatable bonds is 15. The van der Waals surface area contributed by atoms with Gasteiger partial charge in [0.1, 0.15) is 0 Å². The SMILES string of the molecule is CCCCCCOC(=O)N[C@@H](CC(C)C)C(=O)C[C@@H](C[C@@H]1CCNC1=O)C(O)S(=O)(=O)O. The maximum atomic E-state index is 13.0. The molecular formula is C21H38N2O8S. The zero-order valence-electron chi connectivity index (χ0n) is 19.2. The Morgan fingerprint density at radius 2 is 1.94 bits per heavy atom. The minimum absolute atomic E-state index is 0.0411. The second-order valence-electron chi connectivity index (χ2n) is 8.87. The number of hydrogen-bond acceptors (Lipinski definition) is 7. The Morgan fingerprint density at radius 1 is 1.25 bits per heavy atom. The molecular weight excluding hydrogens is 440 g/mol. The number of aliphatic hydroxyl groups excluding tert-OH is 1. The van der Waals surface area contributed by atoms with E-state index in [9.17, 15) is 32.5 Å². The summed E-state index contributed by atoms with van der Waals surface area (Å²) in [4.78, 5) is 37.0. The van der Waals surface area contributed by atoms with Crippen molar-refractivity contribution < 1.29 is 37.2 Å². The summed E-state index contributed by atoms with van der Waals surface area (Å²) in [7, 11) is -4.84. The number of unbranched alkanes of at least 4 members (excludes halogenated alkanes) is 3. The molecule has 2 amide bonds. The Kier molecular flexibility index (Phi) is 12.2.